The number of hydrogen-bond acceptors (Lipinski definition) is 4. The Hall–Kier alpha value is -0.580. The molecule has 0 bridgehead atoms. The Morgan fingerprint density at radius 3 is 2.65 bits per heavy atom. The van der Waals surface area contributed by atoms with Gasteiger partial charge in [0.05, 0.1) is 11.6 Å². The molecule has 4 heteroatoms. The van der Waals surface area contributed by atoms with Gasteiger partial charge in [-0.25, -0.2) is 4.98 Å². The molecule has 0 saturated heterocycles. The highest BCUT2D eigenvalue weighted by Crippen LogP contribution is 2.29. The molecule has 0 fully saturated rings. The van der Waals surface area contributed by atoms with E-state index in [-0.39, 0.29) is 4.75 Å². The van der Waals surface area contributed by atoms with Crippen LogP contribution < -0.4 is 5.32 Å². The van der Waals surface area contributed by atoms with Gasteiger partial charge in [0.25, 0.3) is 0 Å². The van der Waals surface area contributed by atoms with Gasteiger partial charge in [0, 0.05) is 31.1 Å². The summed E-state index contributed by atoms with van der Waals surface area (Å²) in [5.74, 6) is 0. The molecule has 1 heterocycles. The van der Waals surface area contributed by atoms with E-state index < -0.39 is 0 Å². The molecular weight excluding hydrogens is 232 g/mol. The van der Waals surface area contributed by atoms with Crippen LogP contribution in [0.4, 0.5) is 0 Å². The lowest BCUT2D eigenvalue weighted by Crippen LogP contribution is -2.18. The predicted molar refractivity (Wildman–Crippen MR) is 73.4 cm³/mol. The van der Waals surface area contributed by atoms with Gasteiger partial charge >= 0.3 is 0 Å². The molecule has 0 aliphatic carbocycles. The van der Waals surface area contributed by atoms with Gasteiger partial charge in [-0.05, 0) is 11.6 Å². The smallest absolute Gasteiger partial charge is 0.0965 e. The first-order chi connectivity index (χ1) is 8.01. The highest BCUT2D eigenvalue weighted by molar-refractivity contribution is 8.00. The molecular formula is C13H22N2OS. The highest BCUT2D eigenvalue weighted by atomic mass is 32.2. The first-order valence-electron chi connectivity index (χ1n) is 5.85. The van der Waals surface area contributed by atoms with Crippen LogP contribution in [0, 0.1) is 0 Å². The number of pyridine rings is 1. The number of nitrogens with one attached hydrogen (secondary N) is 1. The van der Waals surface area contributed by atoms with E-state index in [1.165, 1.54) is 5.56 Å². The van der Waals surface area contributed by atoms with Gasteiger partial charge in [-0.2, -0.15) is 0 Å². The normalized spacial score (nSPS) is 11.8. The molecule has 1 aromatic heterocycles. The number of thioether (sulfide) groups is 1. The van der Waals surface area contributed by atoms with Crippen molar-refractivity contribution >= 4 is 11.8 Å². The van der Waals surface area contributed by atoms with E-state index in [2.05, 4.69) is 43.2 Å². The van der Waals surface area contributed by atoms with Crippen molar-refractivity contribution in [1.29, 1.82) is 0 Å². The fourth-order valence-electron chi connectivity index (χ4n) is 1.30. The van der Waals surface area contributed by atoms with Crippen molar-refractivity contribution in [1.82, 2.24) is 10.3 Å². The summed E-state index contributed by atoms with van der Waals surface area (Å²) in [5.41, 5.74) is 1.21. The van der Waals surface area contributed by atoms with Crippen LogP contribution in [0.15, 0.2) is 23.4 Å². The summed E-state index contributed by atoms with van der Waals surface area (Å²) >= 11 is 1.79. The molecule has 0 aliphatic heterocycles. The Kier molecular flexibility index (Phi) is 5.95. The molecule has 1 N–H and O–H groups in total. The van der Waals surface area contributed by atoms with Crippen LogP contribution in [0.1, 0.15) is 26.3 Å². The lowest BCUT2D eigenvalue weighted by atomic mass is 10.3. The number of hydrogen-bond donors (Lipinski definition) is 1. The van der Waals surface area contributed by atoms with Crippen molar-refractivity contribution in [2.24, 2.45) is 0 Å². The third-order valence-electron chi connectivity index (χ3n) is 2.02. The second-order valence-corrected chi connectivity index (χ2v) is 6.74. The summed E-state index contributed by atoms with van der Waals surface area (Å²) in [4.78, 5) is 4.45. The monoisotopic (exact) mass is 254 g/mol. The van der Waals surface area contributed by atoms with Crippen molar-refractivity contribution in [3.05, 3.63) is 23.9 Å². The number of rotatable bonds is 6. The zero-order valence-electron chi connectivity index (χ0n) is 11.1. The molecule has 0 atom stereocenters. The minimum atomic E-state index is 0.214. The van der Waals surface area contributed by atoms with E-state index in [1.807, 2.05) is 6.20 Å². The second kappa shape index (κ2) is 6.99. The van der Waals surface area contributed by atoms with Gasteiger partial charge in [0.1, 0.15) is 0 Å². The summed E-state index contributed by atoms with van der Waals surface area (Å²) in [5, 5.41) is 4.38. The summed E-state index contributed by atoms with van der Waals surface area (Å²) < 4.78 is 5.19. The van der Waals surface area contributed by atoms with Crippen molar-refractivity contribution in [3.63, 3.8) is 0 Å². The standard InChI is InChI=1S/C13H22N2OS/c1-13(2,3)17-12-6-5-11(10-15-12)9-14-7-8-16-4/h5-6,10,14H,7-9H2,1-4H3. The molecule has 0 aliphatic rings. The van der Waals surface area contributed by atoms with Gasteiger partial charge in [-0.3, -0.25) is 0 Å². The highest BCUT2D eigenvalue weighted by Gasteiger charge is 2.12. The average molecular weight is 254 g/mol. The Bertz CT molecular complexity index is 319. The molecule has 0 aromatic carbocycles. The molecule has 17 heavy (non-hydrogen) atoms. The Morgan fingerprint density at radius 2 is 2.12 bits per heavy atom. The van der Waals surface area contributed by atoms with Gasteiger partial charge in [0.15, 0.2) is 0 Å². The second-order valence-electron chi connectivity index (χ2n) is 4.89. The SMILES string of the molecule is COCCNCc1ccc(SC(C)(C)C)nc1. The molecule has 0 radical (unpaired) electrons. The molecule has 3 nitrogen and oxygen atoms in total. The zero-order valence-corrected chi connectivity index (χ0v) is 11.9. The fraction of sp³-hybridized carbons (Fsp3) is 0.615. The minimum absolute atomic E-state index is 0.214. The zero-order chi connectivity index (χ0) is 12.7. The van der Waals surface area contributed by atoms with Crippen LogP contribution in [0.5, 0.6) is 0 Å². The van der Waals surface area contributed by atoms with E-state index in [4.69, 9.17) is 4.74 Å². The number of nitrogens with zero attached hydrogens (tertiary/aromatic N) is 1. The largest absolute Gasteiger partial charge is 0.383 e. The third-order valence-corrected chi connectivity index (χ3v) is 3.08. The Labute approximate surface area is 108 Å². The summed E-state index contributed by atoms with van der Waals surface area (Å²) in [6, 6.07) is 4.21. The lowest BCUT2D eigenvalue weighted by Gasteiger charge is -2.16. The van der Waals surface area contributed by atoms with E-state index in [1.54, 1.807) is 18.9 Å². The fourth-order valence-corrected chi connectivity index (χ4v) is 2.17. The molecule has 96 valence electrons. The minimum Gasteiger partial charge on any atom is -0.383 e. The van der Waals surface area contributed by atoms with Crippen LogP contribution in [-0.4, -0.2) is 30.0 Å². The molecule has 0 spiro atoms. The van der Waals surface area contributed by atoms with Gasteiger partial charge in [-0.1, -0.05) is 26.8 Å². The maximum Gasteiger partial charge on any atom is 0.0965 e. The summed E-state index contributed by atoms with van der Waals surface area (Å²) in [7, 11) is 1.71. The van der Waals surface area contributed by atoms with E-state index in [0.29, 0.717) is 0 Å². The van der Waals surface area contributed by atoms with E-state index >= 15 is 0 Å². The molecule has 0 unspecified atom stereocenters. The van der Waals surface area contributed by atoms with Crippen LogP contribution in [0.25, 0.3) is 0 Å². The van der Waals surface area contributed by atoms with Crippen molar-refractivity contribution in [2.75, 3.05) is 20.3 Å². The van der Waals surface area contributed by atoms with Crippen molar-refractivity contribution in [3.8, 4) is 0 Å². The number of ether oxygens (including phenoxy) is 1. The number of methoxy groups -OCH3 is 1. The Morgan fingerprint density at radius 1 is 1.35 bits per heavy atom. The molecule has 1 aromatic rings. The maximum atomic E-state index is 4.97. The lowest BCUT2D eigenvalue weighted by molar-refractivity contribution is 0.199. The topological polar surface area (TPSA) is 34.1 Å². The van der Waals surface area contributed by atoms with Gasteiger partial charge < -0.3 is 10.1 Å². The average Bonchev–Trinajstić information content (AvgIpc) is 2.25. The van der Waals surface area contributed by atoms with E-state index in [0.717, 1.165) is 24.7 Å². The summed E-state index contributed by atoms with van der Waals surface area (Å²) in [6.45, 7) is 9.04. The van der Waals surface area contributed by atoms with Crippen LogP contribution in [0.3, 0.4) is 0 Å². The van der Waals surface area contributed by atoms with Crippen molar-refractivity contribution < 1.29 is 4.74 Å². The predicted octanol–water partition coefficient (Wildman–Crippen LogP) is 2.71. The molecule has 1 rings (SSSR count). The molecule has 0 saturated carbocycles. The maximum absolute atomic E-state index is 4.97. The van der Waals surface area contributed by atoms with Gasteiger partial charge in [0.2, 0.25) is 0 Å². The third kappa shape index (κ3) is 6.66. The quantitative estimate of drug-likeness (QED) is 0.625. The Balaban J connectivity index is 2.39. The molecule has 0 amide bonds. The van der Waals surface area contributed by atoms with Crippen molar-refractivity contribution in [2.45, 2.75) is 37.1 Å². The van der Waals surface area contributed by atoms with Crippen LogP contribution in [-0.2, 0) is 11.3 Å². The first kappa shape index (κ1) is 14.5. The first-order valence-corrected chi connectivity index (χ1v) is 6.66. The van der Waals surface area contributed by atoms with E-state index in [9.17, 15) is 0 Å². The summed E-state index contributed by atoms with van der Waals surface area (Å²) in [6.07, 6.45) is 1.94. The van der Waals surface area contributed by atoms with Crippen LogP contribution in [0.2, 0.25) is 0 Å². The number of aromatic nitrogens is 1. The van der Waals surface area contributed by atoms with Crippen LogP contribution >= 0.6 is 11.8 Å². The van der Waals surface area contributed by atoms with Gasteiger partial charge in [-0.15, -0.1) is 11.8 Å².